The highest BCUT2D eigenvalue weighted by Crippen LogP contribution is 2.30. The van der Waals surface area contributed by atoms with Crippen molar-refractivity contribution in [2.75, 3.05) is 31.6 Å². The summed E-state index contributed by atoms with van der Waals surface area (Å²) in [5.74, 6) is 0.0104. The van der Waals surface area contributed by atoms with E-state index in [-0.39, 0.29) is 17.2 Å². The third-order valence-corrected chi connectivity index (χ3v) is 6.21. The Balaban J connectivity index is 1.52. The van der Waals surface area contributed by atoms with E-state index >= 15 is 4.39 Å². The van der Waals surface area contributed by atoms with Crippen molar-refractivity contribution in [3.8, 4) is 11.5 Å². The second-order valence-corrected chi connectivity index (χ2v) is 8.38. The number of aromatic nitrogens is 2. The number of pyridine rings is 2. The summed E-state index contributed by atoms with van der Waals surface area (Å²) >= 11 is 0. The zero-order valence-corrected chi connectivity index (χ0v) is 19.1. The molecule has 4 aromatic rings. The molecule has 0 saturated carbocycles. The molecule has 1 fully saturated rings. The lowest BCUT2D eigenvalue weighted by Crippen LogP contribution is -2.46. The molecule has 5 rings (SSSR count). The van der Waals surface area contributed by atoms with Gasteiger partial charge in [0, 0.05) is 38.1 Å². The van der Waals surface area contributed by atoms with Crippen LogP contribution in [-0.2, 0) is 7.05 Å². The third kappa shape index (κ3) is 4.24. The largest absolute Gasteiger partial charge is 0.511 e. The van der Waals surface area contributed by atoms with Crippen molar-refractivity contribution in [3.63, 3.8) is 0 Å². The average molecular weight is 478 g/mol. The lowest BCUT2D eigenvalue weighted by molar-refractivity contribution is 0.144. The summed E-state index contributed by atoms with van der Waals surface area (Å²) in [5.41, 5.74) is 1.75. The van der Waals surface area contributed by atoms with E-state index in [1.165, 1.54) is 22.9 Å². The van der Waals surface area contributed by atoms with E-state index in [1.807, 2.05) is 29.2 Å². The van der Waals surface area contributed by atoms with Crippen molar-refractivity contribution < 1.29 is 23.8 Å². The predicted molar refractivity (Wildman–Crippen MR) is 129 cm³/mol. The molecule has 1 saturated heterocycles. The maximum absolute atomic E-state index is 15.3. The van der Waals surface area contributed by atoms with Crippen LogP contribution in [0.3, 0.4) is 0 Å². The number of hydrogen-bond acceptors (Lipinski definition) is 7. The van der Waals surface area contributed by atoms with E-state index in [1.54, 1.807) is 20.2 Å². The molecule has 1 aliphatic heterocycles. The summed E-state index contributed by atoms with van der Waals surface area (Å²) < 4.78 is 26.6. The molecule has 10 heteroatoms. The van der Waals surface area contributed by atoms with Crippen molar-refractivity contribution in [3.05, 3.63) is 70.3 Å². The first-order chi connectivity index (χ1) is 16.8. The van der Waals surface area contributed by atoms with Gasteiger partial charge in [0.1, 0.15) is 17.2 Å². The molecule has 1 unspecified atom stereocenters. The zero-order valence-electron chi connectivity index (χ0n) is 19.1. The van der Waals surface area contributed by atoms with Crippen LogP contribution in [-0.4, -0.2) is 47.6 Å². The van der Waals surface area contributed by atoms with Gasteiger partial charge in [-0.15, -0.1) is 0 Å². The average Bonchev–Trinajstić information content (AvgIpc) is 2.86. The molecule has 2 aromatic carbocycles. The SMILES string of the molecule is COc1ccc(C2CN(c3cc4nc5c(cc4cc3F)c(=O)c(OC(=O)O)cn5C)CCN2)cc1. The maximum atomic E-state index is 15.3. The summed E-state index contributed by atoms with van der Waals surface area (Å²) in [4.78, 5) is 30.2. The van der Waals surface area contributed by atoms with Crippen LogP contribution in [0.1, 0.15) is 11.6 Å². The number of nitrogens with zero attached hydrogens (tertiary/aromatic N) is 3. The van der Waals surface area contributed by atoms with Gasteiger partial charge < -0.3 is 29.4 Å². The molecular formula is C25H23FN4O5. The van der Waals surface area contributed by atoms with Crippen LogP contribution in [0.4, 0.5) is 14.9 Å². The number of anilines is 1. The Morgan fingerprint density at radius 1 is 1.23 bits per heavy atom. The molecule has 0 radical (unpaired) electrons. The van der Waals surface area contributed by atoms with Gasteiger partial charge in [-0.2, -0.15) is 0 Å². The van der Waals surface area contributed by atoms with Gasteiger partial charge in [-0.1, -0.05) is 12.1 Å². The number of carboxylic acid groups (broad SMARTS) is 1. The molecule has 0 amide bonds. The number of methoxy groups -OCH3 is 1. The molecular weight excluding hydrogens is 455 g/mol. The Labute approximate surface area is 199 Å². The minimum Gasteiger partial charge on any atom is -0.497 e. The van der Waals surface area contributed by atoms with E-state index in [0.29, 0.717) is 41.9 Å². The smallest absolute Gasteiger partial charge is 0.497 e. The minimum atomic E-state index is -1.59. The van der Waals surface area contributed by atoms with Crippen molar-refractivity contribution >= 4 is 33.8 Å². The van der Waals surface area contributed by atoms with Crippen molar-refractivity contribution in [1.82, 2.24) is 14.9 Å². The van der Waals surface area contributed by atoms with Gasteiger partial charge in [0.15, 0.2) is 5.75 Å². The van der Waals surface area contributed by atoms with Gasteiger partial charge >= 0.3 is 6.16 Å². The van der Waals surface area contributed by atoms with E-state index in [9.17, 15) is 9.59 Å². The number of carbonyl (C=O) groups is 1. The topological polar surface area (TPSA) is 106 Å². The summed E-state index contributed by atoms with van der Waals surface area (Å²) in [6, 6.07) is 12.4. The highest BCUT2D eigenvalue weighted by molar-refractivity contribution is 5.93. The number of nitrogens with one attached hydrogen (secondary N) is 1. The number of rotatable bonds is 4. The highest BCUT2D eigenvalue weighted by Gasteiger charge is 2.24. The molecule has 3 heterocycles. The number of benzene rings is 2. The van der Waals surface area contributed by atoms with Crippen molar-refractivity contribution in [2.45, 2.75) is 6.04 Å². The Morgan fingerprint density at radius 3 is 2.71 bits per heavy atom. The van der Waals surface area contributed by atoms with Gasteiger partial charge in [-0.25, -0.2) is 14.2 Å². The molecule has 2 N–H and O–H groups in total. The van der Waals surface area contributed by atoms with Crippen LogP contribution in [0.15, 0.2) is 53.5 Å². The summed E-state index contributed by atoms with van der Waals surface area (Å²) in [7, 11) is 3.26. The standard InChI is InChI=1S/C25H23FN4O5/c1-29-13-22(35-25(32)33)23(31)17-9-15-10-18(26)21(11-19(15)28-24(17)29)30-8-7-27-20(12-30)14-3-5-16(34-2)6-4-14/h3-6,9-11,13,20,27H,7-8,12H2,1-2H3,(H,32,33). The molecule has 2 aromatic heterocycles. The monoisotopic (exact) mass is 478 g/mol. The molecule has 35 heavy (non-hydrogen) atoms. The fourth-order valence-electron chi connectivity index (χ4n) is 4.47. The Morgan fingerprint density at radius 2 is 2.00 bits per heavy atom. The van der Waals surface area contributed by atoms with E-state index in [0.717, 1.165) is 11.3 Å². The fourth-order valence-corrected chi connectivity index (χ4v) is 4.47. The Kier molecular flexibility index (Phi) is 5.73. The second-order valence-electron chi connectivity index (χ2n) is 8.38. The Bertz CT molecular complexity index is 1500. The van der Waals surface area contributed by atoms with E-state index in [2.05, 4.69) is 15.0 Å². The molecule has 0 spiro atoms. The van der Waals surface area contributed by atoms with Crippen LogP contribution < -0.4 is 25.1 Å². The van der Waals surface area contributed by atoms with Gasteiger partial charge in [0.25, 0.3) is 0 Å². The second kappa shape index (κ2) is 8.88. The fraction of sp³-hybridized carbons (Fsp3) is 0.240. The van der Waals surface area contributed by atoms with Crippen LogP contribution in [0.5, 0.6) is 11.5 Å². The number of piperazine rings is 1. The van der Waals surface area contributed by atoms with Crippen molar-refractivity contribution in [2.24, 2.45) is 7.05 Å². The zero-order chi connectivity index (χ0) is 24.7. The first-order valence-corrected chi connectivity index (χ1v) is 11.0. The van der Waals surface area contributed by atoms with Crippen LogP contribution in [0.2, 0.25) is 0 Å². The number of hydrogen-bond donors (Lipinski definition) is 2. The quantitative estimate of drug-likeness (QED) is 0.340. The summed E-state index contributed by atoms with van der Waals surface area (Å²) in [5, 5.41) is 12.9. The van der Waals surface area contributed by atoms with Gasteiger partial charge in [0.2, 0.25) is 5.43 Å². The molecule has 1 atom stereocenters. The first kappa shape index (κ1) is 22.6. The molecule has 9 nitrogen and oxygen atoms in total. The minimum absolute atomic E-state index is 0.0165. The number of fused-ring (bicyclic) bond motifs is 2. The highest BCUT2D eigenvalue weighted by atomic mass is 19.1. The lowest BCUT2D eigenvalue weighted by Gasteiger charge is -2.35. The number of halogens is 1. The third-order valence-electron chi connectivity index (χ3n) is 6.21. The molecule has 0 bridgehead atoms. The van der Waals surface area contributed by atoms with E-state index < -0.39 is 17.4 Å². The van der Waals surface area contributed by atoms with Gasteiger partial charge in [0.05, 0.1) is 29.9 Å². The van der Waals surface area contributed by atoms with Crippen LogP contribution in [0, 0.1) is 5.82 Å². The number of ether oxygens (including phenoxy) is 2. The Hall–Kier alpha value is -4.18. The van der Waals surface area contributed by atoms with Gasteiger partial charge in [-0.05, 0) is 35.9 Å². The molecule has 180 valence electrons. The van der Waals surface area contributed by atoms with Crippen LogP contribution >= 0.6 is 0 Å². The van der Waals surface area contributed by atoms with Crippen molar-refractivity contribution in [1.29, 1.82) is 0 Å². The molecule has 1 aliphatic rings. The lowest BCUT2D eigenvalue weighted by atomic mass is 10.0. The summed E-state index contributed by atoms with van der Waals surface area (Å²) in [6.07, 6.45) is -0.312. The van der Waals surface area contributed by atoms with Crippen LogP contribution in [0.25, 0.3) is 21.9 Å². The first-order valence-electron chi connectivity index (χ1n) is 11.0. The summed E-state index contributed by atoms with van der Waals surface area (Å²) in [6.45, 7) is 1.87. The number of aryl methyl sites for hydroxylation is 1. The predicted octanol–water partition coefficient (Wildman–Crippen LogP) is 3.44. The van der Waals surface area contributed by atoms with Gasteiger partial charge in [-0.3, -0.25) is 4.79 Å². The maximum Gasteiger partial charge on any atom is 0.511 e. The molecule has 0 aliphatic carbocycles. The van der Waals surface area contributed by atoms with E-state index in [4.69, 9.17) is 9.84 Å². The normalized spacial score (nSPS) is 16.0.